The summed E-state index contributed by atoms with van der Waals surface area (Å²) in [6, 6.07) is 12.1. The van der Waals surface area contributed by atoms with Crippen LogP contribution in [0.4, 0.5) is 5.69 Å². The number of anilines is 1. The molecule has 1 aliphatic heterocycles. The first-order chi connectivity index (χ1) is 15.6. The first-order valence-corrected chi connectivity index (χ1v) is 12.4. The Labute approximate surface area is 194 Å². The number of hydrogen-bond donors (Lipinski definition) is 1. The number of amides is 2. The summed E-state index contributed by atoms with van der Waals surface area (Å²) in [5.41, 5.74) is 0.896. The van der Waals surface area contributed by atoms with Crippen molar-refractivity contribution in [1.82, 2.24) is 10.2 Å². The molecular weight excluding hydrogens is 422 g/mol. The molecule has 1 saturated heterocycles. The maximum atomic E-state index is 13.2. The Morgan fingerprint density at radius 3 is 2.47 bits per heavy atom. The van der Waals surface area contributed by atoms with E-state index < -0.39 is 0 Å². The Kier molecular flexibility index (Phi) is 7.35. The lowest BCUT2D eigenvalue weighted by Crippen LogP contribution is -2.50. The van der Waals surface area contributed by atoms with Crippen LogP contribution in [0.2, 0.25) is 0 Å². The number of nitrogens with zero attached hydrogens (tertiary/aromatic N) is 2. The van der Waals surface area contributed by atoms with Gasteiger partial charge < -0.3 is 19.9 Å². The molecule has 2 fully saturated rings. The quantitative estimate of drug-likeness (QED) is 0.652. The number of benzene rings is 1. The summed E-state index contributed by atoms with van der Waals surface area (Å²) < 4.78 is 5.50. The molecular formula is C25H33N3O3S. The number of nitrogens with one attached hydrogen (secondary N) is 1. The van der Waals surface area contributed by atoms with Crippen LogP contribution in [0.15, 0.2) is 41.8 Å². The van der Waals surface area contributed by atoms with Gasteiger partial charge in [-0.2, -0.15) is 0 Å². The number of methoxy groups -OCH3 is 1. The van der Waals surface area contributed by atoms with Crippen molar-refractivity contribution in [3.05, 3.63) is 46.7 Å². The Morgan fingerprint density at radius 2 is 1.78 bits per heavy atom. The number of para-hydroxylation sites is 2. The van der Waals surface area contributed by atoms with E-state index in [0.29, 0.717) is 32.5 Å². The van der Waals surface area contributed by atoms with Gasteiger partial charge in [0.15, 0.2) is 0 Å². The molecule has 0 atom stereocenters. The van der Waals surface area contributed by atoms with Crippen LogP contribution in [0.5, 0.6) is 5.75 Å². The van der Waals surface area contributed by atoms with E-state index in [-0.39, 0.29) is 17.2 Å². The molecule has 0 unspecified atom stereocenters. The van der Waals surface area contributed by atoms with E-state index in [1.165, 1.54) is 0 Å². The zero-order valence-electron chi connectivity index (χ0n) is 18.8. The number of thiophene rings is 1. The monoisotopic (exact) mass is 455 g/mol. The van der Waals surface area contributed by atoms with Crippen LogP contribution in [-0.2, 0) is 16.1 Å². The number of carbonyl (C=O) groups excluding carboxylic acids is 2. The molecule has 6 nitrogen and oxygen atoms in total. The molecule has 172 valence electrons. The van der Waals surface area contributed by atoms with Gasteiger partial charge in [0, 0.05) is 43.9 Å². The molecule has 1 N–H and O–H groups in total. The van der Waals surface area contributed by atoms with Crippen molar-refractivity contribution in [1.29, 1.82) is 0 Å². The van der Waals surface area contributed by atoms with Crippen molar-refractivity contribution in [2.24, 2.45) is 5.41 Å². The van der Waals surface area contributed by atoms with Gasteiger partial charge in [-0.25, -0.2) is 0 Å². The van der Waals surface area contributed by atoms with Crippen molar-refractivity contribution in [3.63, 3.8) is 0 Å². The lowest BCUT2D eigenvalue weighted by atomic mass is 9.78. The maximum Gasteiger partial charge on any atom is 0.223 e. The normalized spacial score (nSPS) is 17.9. The van der Waals surface area contributed by atoms with E-state index in [2.05, 4.69) is 16.3 Å². The largest absolute Gasteiger partial charge is 0.495 e. The molecule has 1 aromatic carbocycles. The Balaban J connectivity index is 1.31. The third kappa shape index (κ3) is 5.44. The SMILES string of the molecule is COc1ccccc1N1CCN(C(=O)CC2(CC(=O)NCc3cccs3)CCCC2)CC1. The Morgan fingerprint density at radius 1 is 1.03 bits per heavy atom. The van der Waals surface area contributed by atoms with Crippen LogP contribution in [0.3, 0.4) is 0 Å². The van der Waals surface area contributed by atoms with E-state index in [1.807, 2.05) is 40.6 Å². The zero-order chi connectivity index (χ0) is 22.4. The molecule has 0 bridgehead atoms. The van der Waals surface area contributed by atoms with Crippen LogP contribution < -0.4 is 15.0 Å². The minimum Gasteiger partial charge on any atom is -0.495 e. The Hall–Kier alpha value is -2.54. The molecule has 4 rings (SSSR count). The number of rotatable bonds is 8. The molecule has 2 aliphatic rings. The fourth-order valence-electron chi connectivity index (χ4n) is 5.06. The van der Waals surface area contributed by atoms with E-state index >= 15 is 0 Å². The number of ether oxygens (including phenoxy) is 1. The van der Waals surface area contributed by atoms with Crippen LogP contribution in [0.25, 0.3) is 0 Å². The first kappa shape index (κ1) is 22.6. The van der Waals surface area contributed by atoms with E-state index in [9.17, 15) is 9.59 Å². The summed E-state index contributed by atoms with van der Waals surface area (Å²) >= 11 is 1.65. The fourth-order valence-corrected chi connectivity index (χ4v) is 5.71. The highest BCUT2D eigenvalue weighted by molar-refractivity contribution is 7.09. The molecule has 2 aromatic rings. The van der Waals surface area contributed by atoms with E-state index in [1.54, 1.807) is 18.4 Å². The highest BCUT2D eigenvalue weighted by Crippen LogP contribution is 2.44. The second kappa shape index (κ2) is 10.4. The highest BCUT2D eigenvalue weighted by Gasteiger charge is 2.39. The standard InChI is InChI=1S/C25H33N3O3S/c1-31-22-9-3-2-8-21(22)27-12-14-28(15-13-27)24(30)18-25(10-4-5-11-25)17-23(29)26-19-20-7-6-16-32-20/h2-3,6-9,16H,4-5,10-15,17-19H2,1H3,(H,26,29). The minimum absolute atomic E-state index is 0.0640. The third-order valence-corrected chi connectivity index (χ3v) is 7.70. The molecule has 0 spiro atoms. The van der Waals surface area contributed by atoms with Gasteiger partial charge in [-0.15, -0.1) is 11.3 Å². The third-order valence-electron chi connectivity index (χ3n) is 6.82. The van der Waals surface area contributed by atoms with E-state index in [4.69, 9.17) is 4.74 Å². The molecule has 1 aliphatic carbocycles. The summed E-state index contributed by atoms with van der Waals surface area (Å²) in [4.78, 5) is 31.3. The summed E-state index contributed by atoms with van der Waals surface area (Å²) in [7, 11) is 1.69. The van der Waals surface area contributed by atoms with Crippen molar-refractivity contribution in [3.8, 4) is 5.75 Å². The highest BCUT2D eigenvalue weighted by atomic mass is 32.1. The summed E-state index contributed by atoms with van der Waals surface area (Å²) in [6.07, 6.45) is 5.07. The number of piperazine rings is 1. The number of carbonyl (C=O) groups is 2. The predicted molar refractivity (Wildman–Crippen MR) is 128 cm³/mol. The van der Waals surface area contributed by atoms with Crippen molar-refractivity contribution >= 4 is 28.8 Å². The second-order valence-corrected chi connectivity index (χ2v) is 9.99. The van der Waals surface area contributed by atoms with Gasteiger partial charge in [-0.3, -0.25) is 9.59 Å². The van der Waals surface area contributed by atoms with Gasteiger partial charge in [-0.05, 0) is 41.8 Å². The van der Waals surface area contributed by atoms with Gasteiger partial charge in [0.1, 0.15) is 5.75 Å². The van der Waals surface area contributed by atoms with Gasteiger partial charge in [-0.1, -0.05) is 31.0 Å². The number of hydrogen-bond acceptors (Lipinski definition) is 5. The van der Waals surface area contributed by atoms with Crippen LogP contribution >= 0.6 is 11.3 Å². The molecule has 7 heteroatoms. The molecule has 1 aromatic heterocycles. The van der Waals surface area contributed by atoms with Crippen LogP contribution in [0, 0.1) is 5.41 Å². The maximum absolute atomic E-state index is 13.2. The van der Waals surface area contributed by atoms with E-state index in [0.717, 1.165) is 55.1 Å². The summed E-state index contributed by atoms with van der Waals surface area (Å²) in [5.74, 6) is 1.12. The van der Waals surface area contributed by atoms with Gasteiger partial charge >= 0.3 is 0 Å². The molecule has 2 amide bonds. The average molecular weight is 456 g/mol. The van der Waals surface area contributed by atoms with Crippen molar-refractivity contribution in [2.75, 3.05) is 38.2 Å². The first-order valence-electron chi connectivity index (χ1n) is 11.5. The van der Waals surface area contributed by atoms with Crippen molar-refractivity contribution in [2.45, 2.75) is 45.1 Å². The second-order valence-electron chi connectivity index (χ2n) is 8.96. The van der Waals surface area contributed by atoms with Gasteiger partial charge in [0.05, 0.1) is 19.3 Å². The van der Waals surface area contributed by atoms with Crippen molar-refractivity contribution < 1.29 is 14.3 Å². The van der Waals surface area contributed by atoms with Gasteiger partial charge in [0.2, 0.25) is 11.8 Å². The fraction of sp³-hybridized carbons (Fsp3) is 0.520. The smallest absolute Gasteiger partial charge is 0.223 e. The summed E-state index contributed by atoms with van der Waals surface area (Å²) in [6.45, 7) is 3.57. The van der Waals surface area contributed by atoms with Crippen LogP contribution in [0.1, 0.15) is 43.4 Å². The lowest BCUT2D eigenvalue weighted by molar-refractivity contribution is -0.135. The lowest BCUT2D eigenvalue weighted by Gasteiger charge is -2.38. The Bertz CT molecular complexity index is 901. The molecule has 2 heterocycles. The molecule has 1 saturated carbocycles. The topological polar surface area (TPSA) is 61.9 Å². The predicted octanol–water partition coefficient (Wildman–Crippen LogP) is 4.06. The minimum atomic E-state index is -0.184. The average Bonchev–Trinajstić information content (AvgIpc) is 3.50. The molecule has 0 radical (unpaired) electrons. The summed E-state index contributed by atoms with van der Waals surface area (Å²) in [5, 5.41) is 5.07. The van der Waals surface area contributed by atoms with Gasteiger partial charge in [0.25, 0.3) is 0 Å². The van der Waals surface area contributed by atoms with Crippen LogP contribution in [-0.4, -0.2) is 50.0 Å². The molecule has 32 heavy (non-hydrogen) atoms. The zero-order valence-corrected chi connectivity index (χ0v) is 19.7.